The van der Waals surface area contributed by atoms with Gasteiger partial charge < -0.3 is 5.11 Å². The summed E-state index contributed by atoms with van der Waals surface area (Å²) < 4.78 is -0.601. The Labute approximate surface area is 88.9 Å². The molecular weight excluding hydrogens is 283 g/mol. The van der Waals surface area contributed by atoms with Gasteiger partial charge in [0.05, 0.1) is 0 Å². The predicted octanol–water partition coefficient (Wildman–Crippen LogP) is 1.82. The van der Waals surface area contributed by atoms with Crippen molar-refractivity contribution >= 4 is 34.3 Å². The molecule has 0 spiro atoms. The van der Waals surface area contributed by atoms with E-state index in [-0.39, 0.29) is 0 Å². The van der Waals surface area contributed by atoms with Crippen LogP contribution < -0.4 is 0 Å². The maximum absolute atomic E-state index is 11.0. The molecular formula is C9H7IO3. The van der Waals surface area contributed by atoms with Crippen LogP contribution in [-0.4, -0.2) is 16.9 Å². The number of rotatable bonds is 3. The van der Waals surface area contributed by atoms with Crippen molar-refractivity contribution in [1.82, 2.24) is 0 Å². The van der Waals surface area contributed by atoms with Gasteiger partial charge in [-0.3, -0.25) is 4.79 Å². The number of aliphatic carboxylic acids is 1. The number of carboxylic acid groups (broad SMARTS) is 1. The second-order valence-electron chi connectivity index (χ2n) is 2.44. The molecule has 0 amide bonds. The number of ketones is 1. The highest BCUT2D eigenvalue weighted by Crippen LogP contribution is 2.23. The lowest BCUT2D eigenvalue weighted by Crippen LogP contribution is -2.17. The predicted molar refractivity (Wildman–Crippen MR) is 55.8 cm³/mol. The highest BCUT2D eigenvalue weighted by atomic mass is 127. The second kappa shape index (κ2) is 4.36. The molecule has 0 aliphatic carbocycles. The SMILES string of the molecule is O=C(O)C(=O)C(I)c1ccccc1. The van der Waals surface area contributed by atoms with Crippen molar-refractivity contribution in [3.63, 3.8) is 0 Å². The molecule has 1 atom stereocenters. The highest BCUT2D eigenvalue weighted by molar-refractivity contribution is 14.1. The fourth-order valence-corrected chi connectivity index (χ4v) is 1.56. The number of carbonyl (C=O) groups excluding carboxylic acids is 1. The van der Waals surface area contributed by atoms with Gasteiger partial charge in [-0.05, 0) is 5.56 Å². The van der Waals surface area contributed by atoms with Gasteiger partial charge in [0.25, 0.3) is 5.78 Å². The zero-order chi connectivity index (χ0) is 9.84. The summed E-state index contributed by atoms with van der Waals surface area (Å²) in [5.41, 5.74) is 0.718. The van der Waals surface area contributed by atoms with E-state index < -0.39 is 15.7 Å². The van der Waals surface area contributed by atoms with E-state index in [0.29, 0.717) is 0 Å². The molecule has 68 valence electrons. The van der Waals surface area contributed by atoms with Crippen molar-refractivity contribution in [1.29, 1.82) is 0 Å². The minimum Gasteiger partial charge on any atom is -0.475 e. The Balaban J connectivity index is 2.86. The van der Waals surface area contributed by atoms with Crippen LogP contribution in [0, 0.1) is 0 Å². The topological polar surface area (TPSA) is 54.4 Å². The Hall–Kier alpha value is -0.910. The number of benzene rings is 1. The van der Waals surface area contributed by atoms with Crippen LogP contribution in [0.15, 0.2) is 30.3 Å². The van der Waals surface area contributed by atoms with Crippen molar-refractivity contribution < 1.29 is 14.7 Å². The lowest BCUT2D eigenvalue weighted by Gasteiger charge is -2.04. The first-order chi connectivity index (χ1) is 6.13. The van der Waals surface area contributed by atoms with Gasteiger partial charge in [-0.25, -0.2) is 4.79 Å². The maximum Gasteiger partial charge on any atom is 0.373 e. The molecule has 1 unspecified atom stereocenters. The summed E-state index contributed by atoms with van der Waals surface area (Å²) in [5, 5.41) is 8.46. The zero-order valence-corrected chi connectivity index (χ0v) is 8.76. The van der Waals surface area contributed by atoms with E-state index in [4.69, 9.17) is 5.11 Å². The summed E-state index contributed by atoms with van der Waals surface area (Å²) >= 11 is 1.82. The third-order valence-corrected chi connectivity index (χ3v) is 2.82. The summed E-state index contributed by atoms with van der Waals surface area (Å²) in [4.78, 5) is 21.4. The van der Waals surface area contributed by atoms with Gasteiger partial charge in [0.1, 0.15) is 3.92 Å². The molecule has 1 aromatic carbocycles. The molecule has 0 saturated carbocycles. The monoisotopic (exact) mass is 290 g/mol. The zero-order valence-electron chi connectivity index (χ0n) is 6.61. The van der Waals surface area contributed by atoms with Crippen LogP contribution >= 0.6 is 22.6 Å². The molecule has 1 rings (SSSR count). The number of Topliss-reactive ketones (excluding diaryl/α,β-unsaturated/α-hetero) is 1. The molecule has 0 fully saturated rings. The normalized spacial score (nSPS) is 12.1. The lowest BCUT2D eigenvalue weighted by molar-refractivity contribution is -0.148. The van der Waals surface area contributed by atoms with Crippen LogP contribution in [0.25, 0.3) is 0 Å². The highest BCUT2D eigenvalue weighted by Gasteiger charge is 2.22. The molecule has 0 aromatic heterocycles. The molecule has 0 heterocycles. The van der Waals surface area contributed by atoms with Crippen LogP contribution in [0.4, 0.5) is 0 Å². The minimum absolute atomic E-state index is 0.601. The summed E-state index contributed by atoms with van der Waals surface area (Å²) in [6, 6.07) is 8.83. The van der Waals surface area contributed by atoms with E-state index in [0.717, 1.165) is 5.56 Å². The van der Waals surface area contributed by atoms with Crippen LogP contribution in [0.5, 0.6) is 0 Å². The molecule has 0 aliphatic heterocycles. The largest absolute Gasteiger partial charge is 0.475 e. The molecule has 0 radical (unpaired) electrons. The van der Waals surface area contributed by atoms with Crippen LogP contribution in [0.2, 0.25) is 0 Å². The Morgan fingerprint density at radius 3 is 2.23 bits per heavy atom. The first-order valence-corrected chi connectivity index (χ1v) is 4.83. The van der Waals surface area contributed by atoms with E-state index in [1.807, 2.05) is 28.7 Å². The van der Waals surface area contributed by atoms with Gasteiger partial charge >= 0.3 is 5.97 Å². The van der Waals surface area contributed by atoms with Crippen molar-refractivity contribution in [2.24, 2.45) is 0 Å². The Bertz CT molecular complexity index is 321. The van der Waals surface area contributed by atoms with Crippen molar-refractivity contribution in [3.8, 4) is 0 Å². The molecule has 3 nitrogen and oxygen atoms in total. The van der Waals surface area contributed by atoms with Crippen LogP contribution in [0.3, 0.4) is 0 Å². The third-order valence-electron chi connectivity index (χ3n) is 1.53. The Kier molecular flexibility index (Phi) is 3.41. The average molecular weight is 290 g/mol. The smallest absolute Gasteiger partial charge is 0.373 e. The van der Waals surface area contributed by atoms with Gasteiger partial charge in [0.2, 0.25) is 0 Å². The number of carboxylic acids is 1. The third kappa shape index (κ3) is 2.51. The fraction of sp³-hybridized carbons (Fsp3) is 0.111. The quantitative estimate of drug-likeness (QED) is 0.525. The lowest BCUT2D eigenvalue weighted by atomic mass is 10.1. The van der Waals surface area contributed by atoms with E-state index in [2.05, 4.69) is 0 Å². The average Bonchev–Trinajstić information content (AvgIpc) is 2.17. The number of carbonyl (C=O) groups is 2. The van der Waals surface area contributed by atoms with E-state index in [9.17, 15) is 9.59 Å². The summed E-state index contributed by atoms with van der Waals surface area (Å²) in [7, 11) is 0. The first-order valence-electron chi connectivity index (χ1n) is 3.59. The van der Waals surface area contributed by atoms with E-state index >= 15 is 0 Å². The van der Waals surface area contributed by atoms with Gasteiger partial charge in [-0.15, -0.1) is 0 Å². The fourth-order valence-electron chi connectivity index (χ4n) is 0.882. The summed E-state index contributed by atoms with van der Waals surface area (Å²) in [5.74, 6) is -2.17. The second-order valence-corrected chi connectivity index (χ2v) is 3.69. The number of hydrogen-bond acceptors (Lipinski definition) is 2. The van der Waals surface area contributed by atoms with E-state index in [1.54, 1.807) is 24.3 Å². The van der Waals surface area contributed by atoms with Gasteiger partial charge in [-0.1, -0.05) is 52.9 Å². The molecule has 0 bridgehead atoms. The molecule has 13 heavy (non-hydrogen) atoms. The summed E-state index contributed by atoms with van der Waals surface area (Å²) in [6.45, 7) is 0. The number of halogens is 1. The van der Waals surface area contributed by atoms with Gasteiger partial charge in [0, 0.05) is 0 Å². The molecule has 4 heteroatoms. The van der Waals surface area contributed by atoms with Crippen LogP contribution in [-0.2, 0) is 9.59 Å². The van der Waals surface area contributed by atoms with Gasteiger partial charge in [-0.2, -0.15) is 0 Å². The summed E-state index contributed by atoms with van der Waals surface area (Å²) in [6.07, 6.45) is 0. The van der Waals surface area contributed by atoms with Gasteiger partial charge in [0.15, 0.2) is 0 Å². The molecule has 0 aliphatic rings. The van der Waals surface area contributed by atoms with Crippen molar-refractivity contribution in [2.75, 3.05) is 0 Å². The Morgan fingerprint density at radius 1 is 1.23 bits per heavy atom. The molecule has 1 N–H and O–H groups in total. The van der Waals surface area contributed by atoms with Crippen LogP contribution in [0.1, 0.15) is 9.49 Å². The number of hydrogen-bond donors (Lipinski definition) is 1. The Morgan fingerprint density at radius 2 is 1.77 bits per heavy atom. The maximum atomic E-state index is 11.0. The first kappa shape index (κ1) is 10.2. The van der Waals surface area contributed by atoms with Crippen molar-refractivity contribution in [2.45, 2.75) is 3.92 Å². The minimum atomic E-state index is -1.39. The number of alkyl halides is 1. The van der Waals surface area contributed by atoms with E-state index in [1.165, 1.54) is 0 Å². The standard InChI is InChI=1S/C9H7IO3/c10-7(8(11)9(12)13)6-4-2-1-3-5-6/h1-5,7H,(H,12,13). The molecule has 0 saturated heterocycles. The molecule has 1 aromatic rings. The van der Waals surface area contributed by atoms with Crippen molar-refractivity contribution in [3.05, 3.63) is 35.9 Å².